The number of benzene rings is 2. The number of hydrogen-bond donors (Lipinski definition) is 3. The third kappa shape index (κ3) is 4.34. The highest BCUT2D eigenvalue weighted by Crippen LogP contribution is 2.26. The Morgan fingerprint density at radius 2 is 1.74 bits per heavy atom. The lowest BCUT2D eigenvalue weighted by molar-refractivity contribution is 0.0999. The fourth-order valence-electron chi connectivity index (χ4n) is 4.10. The molecule has 1 amide bonds. The Labute approximate surface area is 197 Å². The summed E-state index contributed by atoms with van der Waals surface area (Å²) in [6.45, 7) is 4.00. The van der Waals surface area contributed by atoms with Crippen LogP contribution in [0.4, 0.5) is 17.3 Å². The SMILES string of the molecule is CC.CNc1ccc(Nc2ncc3c(=O)c(C(N)=O)cn(-c4ccc5c(c4)CCC5)c3n2)cc1. The maximum atomic E-state index is 12.9. The molecule has 5 rings (SSSR count). The first kappa shape index (κ1) is 23.0. The molecule has 0 spiro atoms. The number of rotatable bonds is 5. The highest BCUT2D eigenvalue weighted by Gasteiger charge is 2.18. The van der Waals surface area contributed by atoms with Crippen LogP contribution >= 0.6 is 0 Å². The number of nitrogens with one attached hydrogen (secondary N) is 2. The molecule has 0 aliphatic heterocycles. The number of nitrogens with zero attached hydrogens (tertiary/aromatic N) is 3. The Hall–Kier alpha value is -4.20. The van der Waals surface area contributed by atoms with Gasteiger partial charge in [-0.25, -0.2) is 4.98 Å². The van der Waals surface area contributed by atoms with Crippen LogP contribution < -0.4 is 21.8 Å². The van der Waals surface area contributed by atoms with Crippen LogP contribution in [0.25, 0.3) is 16.7 Å². The van der Waals surface area contributed by atoms with Gasteiger partial charge in [-0.2, -0.15) is 4.98 Å². The van der Waals surface area contributed by atoms with Gasteiger partial charge in [-0.15, -0.1) is 0 Å². The highest BCUT2D eigenvalue weighted by molar-refractivity contribution is 5.96. The predicted octanol–water partition coefficient (Wildman–Crippen LogP) is 4.18. The fourth-order valence-corrected chi connectivity index (χ4v) is 4.10. The maximum absolute atomic E-state index is 12.9. The van der Waals surface area contributed by atoms with Crippen molar-refractivity contribution in [3.8, 4) is 5.69 Å². The van der Waals surface area contributed by atoms with Crippen molar-refractivity contribution in [3.63, 3.8) is 0 Å². The smallest absolute Gasteiger partial charge is 0.254 e. The van der Waals surface area contributed by atoms with Crippen LogP contribution in [0.15, 0.2) is 59.7 Å². The van der Waals surface area contributed by atoms with Crippen LogP contribution in [0.2, 0.25) is 0 Å². The van der Waals surface area contributed by atoms with Gasteiger partial charge >= 0.3 is 0 Å². The van der Waals surface area contributed by atoms with Crippen molar-refractivity contribution < 1.29 is 4.79 Å². The molecule has 34 heavy (non-hydrogen) atoms. The van der Waals surface area contributed by atoms with Gasteiger partial charge in [0.2, 0.25) is 11.4 Å². The predicted molar refractivity (Wildman–Crippen MR) is 136 cm³/mol. The molecule has 0 bridgehead atoms. The van der Waals surface area contributed by atoms with Crippen molar-refractivity contribution in [2.24, 2.45) is 5.73 Å². The number of aryl methyl sites for hydroxylation is 2. The van der Waals surface area contributed by atoms with Crippen molar-refractivity contribution in [2.75, 3.05) is 17.7 Å². The van der Waals surface area contributed by atoms with Crippen LogP contribution in [0, 0.1) is 0 Å². The quantitative estimate of drug-likeness (QED) is 0.415. The van der Waals surface area contributed by atoms with E-state index >= 15 is 0 Å². The average Bonchev–Trinajstić information content (AvgIpc) is 3.34. The number of hydrogen-bond acceptors (Lipinski definition) is 6. The van der Waals surface area contributed by atoms with E-state index in [1.54, 1.807) is 4.57 Å². The Morgan fingerprint density at radius 3 is 2.44 bits per heavy atom. The fraction of sp³-hybridized carbons (Fsp3) is 0.231. The summed E-state index contributed by atoms with van der Waals surface area (Å²) in [5, 5.41) is 6.47. The summed E-state index contributed by atoms with van der Waals surface area (Å²) >= 11 is 0. The molecule has 1 aliphatic carbocycles. The Bertz CT molecular complexity index is 1410. The van der Waals surface area contributed by atoms with E-state index in [4.69, 9.17) is 5.73 Å². The molecule has 0 atom stereocenters. The molecular weight excluding hydrogens is 428 g/mol. The van der Waals surface area contributed by atoms with Crippen molar-refractivity contribution in [1.82, 2.24) is 14.5 Å². The second-order valence-electron chi connectivity index (χ2n) is 7.80. The lowest BCUT2D eigenvalue weighted by Crippen LogP contribution is -2.24. The zero-order valence-electron chi connectivity index (χ0n) is 19.6. The molecule has 1 aliphatic rings. The number of carbonyl (C=O) groups is 1. The third-order valence-corrected chi connectivity index (χ3v) is 5.80. The molecule has 4 aromatic rings. The minimum absolute atomic E-state index is 0.0926. The van der Waals surface area contributed by atoms with Gasteiger partial charge in [-0.1, -0.05) is 19.9 Å². The minimum Gasteiger partial charge on any atom is -0.388 e. The minimum atomic E-state index is -0.779. The normalized spacial score (nSPS) is 12.0. The van der Waals surface area contributed by atoms with Gasteiger partial charge in [-0.05, 0) is 66.8 Å². The summed E-state index contributed by atoms with van der Waals surface area (Å²) in [5.41, 5.74) is 10.5. The van der Waals surface area contributed by atoms with Crippen LogP contribution in [0.5, 0.6) is 0 Å². The summed E-state index contributed by atoms with van der Waals surface area (Å²) in [6.07, 6.45) is 6.11. The molecule has 2 aromatic carbocycles. The zero-order chi connectivity index (χ0) is 24.2. The first-order valence-corrected chi connectivity index (χ1v) is 11.4. The molecule has 8 heteroatoms. The molecule has 0 saturated carbocycles. The van der Waals surface area contributed by atoms with Gasteiger partial charge in [0.15, 0.2) is 5.65 Å². The summed E-state index contributed by atoms with van der Waals surface area (Å²) in [5.74, 6) is -0.436. The molecule has 2 heterocycles. The number of anilines is 3. The van der Waals surface area contributed by atoms with Crippen molar-refractivity contribution in [2.45, 2.75) is 33.1 Å². The number of amides is 1. The van der Waals surface area contributed by atoms with E-state index in [0.717, 1.165) is 36.3 Å². The van der Waals surface area contributed by atoms with Gasteiger partial charge in [0, 0.05) is 36.5 Å². The van der Waals surface area contributed by atoms with Crippen molar-refractivity contribution in [3.05, 3.63) is 81.8 Å². The average molecular weight is 457 g/mol. The van der Waals surface area contributed by atoms with Gasteiger partial charge in [-0.3, -0.25) is 9.59 Å². The summed E-state index contributed by atoms with van der Waals surface area (Å²) in [4.78, 5) is 33.7. The van der Waals surface area contributed by atoms with Gasteiger partial charge in [0.25, 0.3) is 5.91 Å². The first-order valence-electron chi connectivity index (χ1n) is 11.4. The zero-order valence-corrected chi connectivity index (χ0v) is 19.6. The van der Waals surface area contributed by atoms with Gasteiger partial charge < -0.3 is 20.9 Å². The van der Waals surface area contributed by atoms with E-state index < -0.39 is 11.3 Å². The van der Waals surface area contributed by atoms with E-state index in [1.165, 1.54) is 23.5 Å². The molecule has 2 aromatic heterocycles. The van der Waals surface area contributed by atoms with E-state index in [2.05, 4.69) is 32.7 Å². The Morgan fingerprint density at radius 1 is 1.03 bits per heavy atom. The van der Waals surface area contributed by atoms with Crippen LogP contribution in [0.1, 0.15) is 41.8 Å². The van der Waals surface area contributed by atoms with Crippen molar-refractivity contribution >= 4 is 34.3 Å². The molecule has 0 fully saturated rings. The number of fused-ring (bicyclic) bond motifs is 2. The number of carbonyl (C=O) groups excluding carboxylic acids is 1. The lowest BCUT2D eigenvalue weighted by Gasteiger charge is -2.14. The van der Waals surface area contributed by atoms with E-state index in [-0.39, 0.29) is 10.9 Å². The molecule has 8 nitrogen and oxygen atoms in total. The molecule has 0 unspecified atom stereocenters. The van der Waals surface area contributed by atoms with Crippen LogP contribution in [0.3, 0.4) is 0 Å². The Balaban J connectivity index is 0.00000133. The highest BCUT2D eigenvalue weighted by atomic mass is 16.2. The second-order valence-corrected chi connectivity index (χ2v) is 7.80. The van der Waals surface area contributed by atoms with Gasteiger partial charge in [0.05, 0.1) is 5.39 Å². The molecule has 174 valence electrons. The number of aromatic nitrogens is 3. The third-order valence-electron chi connectivity index (χ3n) is 5.80. The molecule has 0 saturated heterocycles. The molecule has 0 radical (unpaired) electrons. The van der Waals surface area contributed by atoms with Gasteiger partial charge in [0.1, 0.15) is 5.56 Å². The maximum Gasteiger partial charge on any atom is 0.254 e. The van der Waals surface area contributed by atoms with E-state index in [9.17, 15) is 9.59 Å². The summed E-state index contributed by atoms with van der Waals surface area (Å²) in [6, 6.07) is 13.8. The largest absolute Gasteiger partial charge is 0.388 e. The summed E-state index contributed by atoms with van der Waals surface area (Å²) < 4.78 is 1.74. The number of nitrogens with two attached hydrogens (primary N) is 1. The van der Waals surface area contributed by atoms with Crippen LogP contribution in [-0.2, 0) is 12.8 Å². The first-order chi connectivity index (χ1) is 16.5. The Kier molecular flexibility index (Phi) is 6.58. The second kappa shape index (κ2) is 9.74. The topological polar surface area (TPSA) is 115 Å². The monoisotopic (exact) mass is 456 g/mol. The van der Waals surface area contributed by atoms with Crippen LogP contribution in [-0.4, -0.2) is 27.5 Å². The van der Waals surface area contributed by atoms with E-state index in [1.807, 2.05) is 51.2 Å². The molecule has 4 N–H and O–H groups in total. The molecular formula is C26H28N6O2. The number of primary amides is 1. The standard InChI is InChI=1S/C24H22N6O2.C2H6/c1-26-16-6-8-17(9-7-16)28-24-27-12-19-21(31)20(22(25)32)13-30(23(19)29-24)18-10-5-14-3-2-4-15(14)11-18;1-2/h5-13,26H,2-4H2,1H3,(H2,25,32)(H,27,28,29);1-2H3. The lowest BCUT2D eigenvalue weighted by atomic mass is 10.1. The van der Waals surface area contributed by atoms with Crippen molar-refractivity contribution in [1.29, 1.82) is 0 Å². The number of pyridine rings is 1. The summed E-state index contributed by atoms with van der Waals surface area (Å²) in [7, 11) is 1.85. The van der Waals surface area contributed by atoms with E-state index in [0.29, 0.717) is 11.6 Å².